The molecule has 0 N–H and O–H groups in total. The smallest absolute Gasteiger partial charge is 0.122 e. The molecule has 1 saturated carbocycles. The van der Waals surface area contributed by atoms with E-state index in [-0.39, 0.29) is 24.8 Å². The third-order valence-electron chi connectivity index (χ3n) is 5.95. The lowest BCUT2D eigenvalue weighted by Crippen LogP contribution is -2.45. The van der Waals surface area contributed by atoms with Gasteiger partial charge in [0.2, 0.25) is 0 Å². The molecule has 1 aromatic carbocycles. The fourth-order valence-corrected chi connectivity index (χ4v) is 4.39. The highest BCUT2D eigenvalue weighted by atomic mass is 35.5. The third-order valence-corrected chi connectivity index (χ3v) is 5.95. The molecule has 27 heavy (non-hydrogen) atoms. The number of ether oxygens (including phenoxy) is 2. The van der Waals surface area contributed by atoms with Crippen LogP contribution in [0.15, 0.2) is 18.2 Å². The van der Waals surface area contributed by atoms with Gasteiger partial charge < -0.3 is 9.47 Å². The van der Waals surface area contributed by atoms with Gasteiger partial charge in [-0.3, -0.25) is 9.80 Å². The lowest BCUT2D eigenvalue weighted by Gasteiger charge is -2.39. The quantitative estimate of drug-likeness (QED) is 0.701. The normalized spacial score (nSPS) is 26.0. The number of halogens is 2. The van der Waals surface area contributed by atoms with Crippen LogP contribution in [0, 0.1) is 12.8 Å². The molecule has 6 heteroatoms. The number of benzene rings is 1. The molecular weight excluding hydrogens is 383 g/mol. The van der Waals surface area contributed by atoms with Crippen molar-refractivity contribution in [2.24, 2.45) is 5.92 Å². The monoisotopic (exact) mass is 416 g/mol. The molecule has 154 valence electrons. The van der Waals surface area contributed by atoms with Crippen LogP contribution in [0.1, 0.15) is 36.8 Å². The standard InChI is InChI=1S/C21H32N2O2.2ClH/c1-17-12-18(15-22-6-2-3-7-22)4-5-21(17)25-20-13-19(14-20)16-23-8-10-24-11-9-23;;/h4-5,12,19-20H,2-3,6-11,13-16H2,1H3;2*1H. The summed E-state index contributed by atoms with van der Waals surface area (Å²) in [7, 11) is 0. The molecule has 0 amide bonds. The molecule has 4 nitrogen and oxygen atoms in total. The second kappa shape index (κ2) is 10.9. The Bertz CT molecular complexity index is 569. The van der Waals surface area contributed by atoms with E-state index in [1.807, 2.05) is 0 Å². The summed E-state index contributed by atoms with van der Waals surface area (Å²) in [5, 5.41) is 0. The summed E-state index contributed by atoms with van der Waals surface area (Å²) < 4.78 is 11.7. The van der Waals surface area contributed by atoms with Crippen LogP contribution in [0.25, 0.3) is 0 Å². The molecule has 2 aliphatic heterocycles. The molecule has 4 rings (SSSR count). The number of hydrogen-bond acceptors (Lipinski definition) is 4. The predicted molar refractivity (Wildman–Crippen MR) is 115 cm³/mol. The number of nitrogens with zero attached hydrogens (tertiary/aromatic N) is 2. The molecule has 1 aromatic rings. The zero-order valence-corrected chi connectivity index (χ0v) is 18.0. The number of rotatable bonds is 6. The summed E-state index contributed by atoms with van der Waals surface area (Å²) >= 11 is 0. The van der Waals surface area contributed by atoms with Gasteiger partial charge in [-0.25, -0.2) is 0 Å². The van der Waals surface area contributed by atoms with Crippen molar-refractivity contribution in [3.05, 3.63) is 29.3 Å². The van der Waals surface area contributed by atoms with Gasteiger partial charge in [0.15, 0.2) is 0 Å². The van der Waals surface area contributed by atoms with Crippen LogP contribution in [0.2, 0.25) is 0 Å². The Labute approximate surface area is 176 Å². The van der Waals surface area contributed by atoms with Crippen LogP contribution in [0.5, 0.6) is 5.75 Å². The van der Waals surface area contributed by atoms with Crippen LogP contribution in [0.3, 0.4) is 0 Å². The van der Waals surface area contributed by atoms with Gasteiger partial charge in [0.05, 0.1) is 19.3 Å². The fraction of sp³-hybridized carbons (Fsp3) is 0.714. The lowest BCUT2D eigenvalue weighted by atomic mass is 9.81. The molecule has 0 unspecified atom stereocenters. The van der Waals surface area contributed by atoms with E-state index in [4.69, 9.17) is 9.47 Å². The van der Waals surface area contributed by atoms with Gasteiger partial charge in [0.25, 0.3) is 0 Å². The van der Waals surface area contributed by atoms with E-state index in [2.05, 4.69) is 34.9 Å². The van der Waals surface area contributed by atoms with Gasteiger partial charge in [-0.15, -0.1) is 24.8 Å². The summed E-state index contributed by atoms with van der Waals surface area (Å²) in [4.78, 5) is 5.10. The van der Waals surface area contributed by atoms with Gasteiger partial charge in [-0.2, -0.15) is 0 Å². The zero-order chi connectivity index (χ0) is 17.1. The summed E-state index contributed by atoms with van der Waals surface area (Å²) in [6, 6.07) is 6.76. The summed E-state index contributed by atoms with van der Waals surface area (Å²) in [5.41, 5.74) is 2.71. The summed E-state index contributed by atoms with van der Waals surface area (Å²) in [6.45, 7) is 11.0. The number of hydrogen-bond donors (Lipinski definition) is 0. The Balaban J connectivity index is 0.00000131. The first kappa shape index (κ1) is 22.8. The number of aryl methyl sites for hydroxylation is 1. The summed E-state index contributed by atoms with van der Waals surface area (Å²) in [5.74, 6) is 1.89. The molecule has 2 saturated heterocycles. The van der Waals surface area contributed by atoms with Crippen molar-refractivity contribution in [2.45, 2.75) is 45.3 Å². The maximum atomic E-state index is 6.27. The Morgan fingerprint density at radius 1 is 1.00 bits per heavy atom. The lowest BCUT2D eigenvalue weighted by molar-refractivity contribution is -0.0000262. The van der Waals surface area contributed by atoms with Crippen molar-refractivity contribution >= 4 is 24.8 Å². The predicted octanol–water partition coefficient (Wildman–Crippen LogP) is 3.92. The Kier molecular flexibility index (Phi) is 9.17. The Morgan fingerprint density at radius 3 is 2.37 bits per heavy atom. The van der Waals surface area contributed by atoms with Crippen LogP contribution in [-0.2, 0) is 11.3 Å². The fourth-order valence-electron chi connectivity index (χ4n) is 4.39. The van der Waals surface area contributed by atoms with Gasteiger partial charge in [-0.1, -0.05) is 12.1 Å². The van der Waals surface area contributed by atoms with Crippen LogP contribution >= 0.6 is 24.8 Å². The first-order chi connectivity index (χ1) is 12.3. The van der Waals surface area contributed by atoms with Crippen LogP contribution in [0.4, 0.5) is 0 Å². The Hall–Kier alpha value is -0.520. The topological polar surface area (TPSA) is 24.9 Å². The largest absolute Gasteiger partial charge is 0.490 e. The van der Waals surface area contributed by atoms with Gasteiger partial charge in [0, 0.05) is 26.2 Å². The van der Waals surface area contributed by atoms with Crippen molar-refractivity contribution in [3.63, 3.8) is 0 Å². The molecule has 3 fully saturated rings. The van der Waals surface area contributed by atoms with Crippen molar-refractivity contribution < 1.29 is 9.47 Å². The van der Waals surface area contributed by atoms with E-state index in [9.17, 15) is 0 Å². The van der Waals surface area contributed by atoms with Gasteiger partial charge in [0.1, 0.15) is 5.75 Å². The van der Waals surface area contributed by atoms with Crippen molar-refractivity contribution in [1.29, 1.82) is 0 Å². The average molecular weight is 417 g/mol. The van der Waals surface area contributed by atoms with Crippen LogP contribution in [-0.4, -0.2) is 61.8 Å². The van der Waals surface area contributed by atoms with Crippen LogP contribution < -0.4 is 4.74 Å². The maximum Gasteiger partial charge on any atom is 0.122 e. The first-order valence-corrected chi connectivity index (χ1v) is 10.0. The molecule has 0 aromatic heterocycles. The molecule has 1 aliphatic carbocycles. The van der Waals surface area contributed by atoms with Gasteiger partial charge in [-0.05, 0) is 68.8 Å². The molecular formula is C21H34Cl2N2O2. The van der Waals surface area contributed by atoms with E-state index in [1.54, 1.807) is 0 Å². The molecule has 0 radical (unpaired) electrons. The molecule has 3 aliphatic rings. The minimum absolute atomic E-state index is 0. The highest BCUT2D eigenvalue weighted by Crippen LogP contribution is 2.33. The van der Waals surface area contributed by atoms with Crippen molar-refractivity contribution in [1.82, 2.24) is 9.80 Å². The zero-order valence-electron chi connectivity index (χ0n) is 16.4. The second-order valence-electron chi connectivity index (χ2n) is 8.07. The first-order valence-electron chi connectivity index (χ1n) is 10.0. The average Bonchev–Trinajstić information content (AvgIpc) is 3.09. The van der Waals surface area contributed by atoms with E-state index in [0.717, 1.165) is 44.5 Å². The SMILES string of the molecule is Cc1cc(CN2CCCC2)ccc1OC1CC(CN2CCOCC2)C1.Cl.Cl. The highest BCUT2D eigenvalue weighted by molar-refractivity contribution is 5.85. The Morgan fingerprint density at radius 2 is 1.70 bits per heavy atom. The van der Waals surface area contributed by atoms with Crippen molar-refractivity contribution in [3.8, 4) is 5.75 Å². The summed E-state index contributed by atoms with van der Waals surface area (Å²) in [6.07, 6.45) is 5.52. The van der Waals surface area contributed by atoms with E-state index in [0.29, 0.717) is 6.10 Å². The molecule has 0 spiro atoms. The molecule has 2 heterocycles. The molecule has 0 bridgehead atoms. The third kappa shape index (κ3) is 6.23. The van der Waals surface area contributed by atoms with E-state index < -0.39 is 0 Å². The minimum atomic E-state index is 0. The van der Waals surface area contributed by atoms with E-state index >= 15 is 0 Å². The van der Waals surface area contributed by atoms with Crippen molar-refractivity contribution in [2.75, 3.05) is 45.9 Å². The maximum absolute atomic E-state index is 6.27. The molecule has 0 atom stereocenters. The van der Waals surface area contributed by atoms with E-state index in [1.165, 1.54) is 56.4 Å². The second-order valence-corrected chi connectivity index (χ2v) is 8.07. The minimum Gasteiger partial charge on any atom is -0.490 e. The van der Waals surface area contributed by atoms with Gasteiger partial charge >= 0.3 is 0 Å². The highest BCUT2D eigenvalue weighted by Gasteiger charge is 2.32. The number of likely N-dealkylation sites (tertiary alicyclic amines) is 1. The number of morpholine rings is 1.